The zero-order valence-electron chi connectivity index (χ0n) is 16.6. The summed E-state index contributed by atoms with van der Waals surface area (Å²) in [4.78, 5) is 9.14. The molecule has 0 aliphatic carbocycles. The van der Waals surface area contributed by atoms with Gasteiger partial charge in [-0.1, -0.05) is 30.3 Å². The van der Waals surface area contributed by atoms with Crippen LogP contribution in [0.4, 0.5) is 0 Å². The molecule has 3 rings (SSSR count). The molecular formula is C20H30IN5O2. The Hall–Kier alpha value is -1.81. The van der Waals surface area contributed by atoms with Gasteiger partial charge in [0.25, 0.3) is 0 Å². The first-order valence-electron chi connectivity index (χ1n) is 9.57. The van der Waals surface area contributed by atoms with E-state index < -0.39 is 0 Å². The fraction of sp³-hybridized carbons (Fsp3) is 0.500. The Labute approximate surface area is 184 Å². The van der Waals surface area contributed by atoms with E-state index in [1.54, 1.807) is 6.26 Å². The lowest BCUT2D eigenvalue weighted by Crippen LogP contribution is -2.53. The monoisotopic (exact) mass is 499 g/mol. The van der Waals surface area contributed by atoms with E-state index in [-0.39, 0.29) is 30.1 Å². The van der Waals surface area contributed by atoms with E-state index in [4.69, 9.17) is 9.26 Å². The highest BCUT2D eigenvalue weighted by atomic mass is 127. The molecule has 1 unspecified atom stereocenters. The number of ether oxygens (including phenoxy) is 1. The van der Waals surface area contributed by atoms with Gasteiger partial charge in [0, 0.05) is 45.8 Å². The van der Waals surface area contributed by atoms with Crippen LogP contribution in [0.3, 0.4) is 0 Å². The van der Waals surface area contributed by atoms with Gasteiger partial charge in [-0.2, -0.15) is 0 Å². The summed E-state index contributed by atoms with van der Waals surface area (Å²) in [7, 11) is 1.84. The van der Waals surface area contributed by atoms with Crippen LogP contribution in [0.15, 0.2) is 52.2 Å². The maximum absolute atomic E-state index is 6.06. The highest BCUT2D eigenvalue weighted by Gasteiger charge is 2.21. The molecule has 1 aliphatic heterocycles. The van der Waals surface area contributed by atoms with Crippen molar-refractivity contribution in [1.82, 2.24) is 20.3 Å². The number of rotatable bonds is 7. The van der Waals surface area contributed by atoms with Crippen LogP contribution in [0.25, 0.3) is 0 Å². The van der Waals surface area contributed by atoms with Gasteiger partial charge in [0.1, 0.15) is 18.1 Å². The number of hydrogen-bond acceptors (Lipinski definition) is 5. The zero-order valence-corrected chi connectivity index (χ0v) is 18.9. The molecule has 0 bridgehead atoms. The molecule has 8 heteroatoms. The molecule has 0 spiro atoms. The second-order valence-corrected chi connectivity index (χ2v) is 6.64. The summed E-state index contributed by atoms with van der Waals surface area (Å²) in [5.74, 6) is 1.84. The van der Waals surface area contributed by atoms with Gasteiger partial charge in [-0.25, -0.2) is 0 Å². The van der Waals surface area contributed by atoms with Crippen LogP contribution in [-0.4, -0.2) is 66.8 Å². The Bertz CT molecular complexity index is 688. The third-order valence-electron chi connectivity index (χ3n) is 4.75. The average Bonchev–Trinajstić information content (AvgIpc) is 3.22. The van der Waals surface area contributed by atoms with Gasteiger partial charge >= 0.3 is 0 Å². The van der Waals surface area contributed by atoms with E-state index in [0.717, 1.165) is 63.1 Å². The second kappa shape index (κ2) is 11.9. The Balaban J connectivity index is 0.00000280. The number of aromatic nitrogens is 1. The van der Waals surface area contributed by atoms with Crippen LogP contribution in [0, 0.1) is 0 Å². The number of guanidine groups is 1. The van der Waals surface area contributed by atoms with Gasteiger partial charge in [-0.15, -0.1) is 24.0 Å². The highest BCUT2D eigenvalue weighted by molar-refractivity contribution is 14.0. The number of hydrogen-bond donors (Lipinski definition) is 1. The maximum atomic E-state index is 6.06. The van der Waals surface area contributed by atoms with Crippen molar-refractivity contribution in [3.8, 4) is 5.75 Å². The van der Waals surface area contributed by atoms with E-state index >= 15 is 0 Å². The van der Waals surface area contributed by atoms with Crippen molar-refractivity contribution in [2.75, 3.05) is 39.8 Å². The average molecular weight is 499 g/mol. The molecule has 2 aromatic rings. The maximum Gasteiger partial charge on any atom is 0.193 e. The smallest absolute Gasteiger partial charge is 0.193 e. The van der Waals surface area contributed by atoms with E-state index in [9.17, 15) is 0 Å². The molecule has 0 amide bonds. The van der Waals surface area contributed by atoms with Crippen LogP contribution in [0.1, 0.15) is 19.0 Å². The highest BCUT2D eigenvalue weighted by Crippen LogP contribution is 2.12. The van der Waals surface area contributed by atoms with Crippen LogP contribution in [-0.2, 0) is 6.54 Å². The molecule has 0 radical (unpaired) electrons. The quantitative estimate of drug-likeness (QED) is 0.359. The standard InChI is InChI=1S/C20H29N5O2.HI/c1-3-18(27-19-7-5-4-6-8-19)15-22-20(21-2)25-12-10-24(11-13-25)16-17-9-14-26-23-17;/h4-9,14,18H,3,10-13,15-16H2,1-2H3,(H,21,22);1H. The van der Waals surface area contributed by atoms with Crippen LogP contribution < -0.4 is 10.1 Å². The first-order valence-corrected chi connectivity index (χ1v) is 9.57. The molecule has 0 saturated carbocycles. The number of halogens is 1. The minimum Gasteiger partial charge on any atom is -0.489 e. The summed E-state index contributed by atoms with van der Waals surface area (Å²) in [5, 5.41) is 7.47. The molecular weight excluding hydrogens is 469 g/mol. The van der Waals surface area contributed by atoms with E-state index in [0.29, 0.717) is 0 Å². The Kier molecular flexibility index (Phi) is 9.56. The summed E-state index contributed by atoms with van der Waals surface area (Å²) >= 11 is 0. The molecule has 1 N–H and O–H groups in total. The minimum absolute atomic E-state index is 0. The Morgan fingerprint density at radius 1 is 1.21 bits per heavy atom. The lowest BCUT2D eigenvalue weighted by Gasteiger charge is -2.36. The molecule has 1 atom stereocenters. The Morgan fingerprint density at radius 2 is 1.96 bits per heavy atom. The molecule has 1 saturated heterocycles. The van der Waals surface area contributed by atoms with Gasteiger partial charge < -0.3 is 19.5 Å². The molecule has 2 heterocycles. The van der Waals surface area contributed by atoms with Crippen molar-refractivity contribution < 1.29 is 9.26 Å². The fourth-order valence-corrected chi connectivity index (χ4v) is 3.16. The van der Waals surface area contributed by atoms with Crippen molar-refractivity contribution in [2.45, 2.75) is 26.0 Å². The predicted octanol–water partition coefficient (Wildman–Crippen LogP) is 2.84. The van der Waals surface area contributed by atoms with Crippen molar-refractivity contribution in [2.24, 2.45) is 4.99 Å². The van der Waals surface area contributed by atoms with Gasteiger partial charge in [0.2, 0.25) is 0 Å². The summed E-state index contributed by atoms with van der Waals surface area (Å²) in [5.41, 5.74) is 0.981. The number of benzene rings is 1. The molecule has 28 heavy (non-hydrogen) atoms. The zero-order chi connectivity index (χ0) is 18.9. The molecule has 1 aromatic carbocycles. The van der Waals surface area contributed by atoms with Gasteiger partial charge in [0.15, 0.2) is 5.96 Å². The molecule has 1 fully saturated rings. The third kappa shape index (κ3) is 6.66. The summed E-state index contributed by atoms with van der Waals surface area (Å²) in [6.45, 7) is 7.54. The first kappa shape index (κ1) is 22.5. The molecule has 1 aliphatic rings. The Morgan fingerprint density at radius 3 is 2.57 bits per heavy atom. The topological polar surface area (TPSA) is 66.1 Å². The summed E-state index contributed by atoms with van der Waals surface area (Å²) in [6, 6.07) is 11.9. The summed E-state index contributed by atoms with van der Waals surface area (Å²) < 4.78 is 11.0. The number of nitrogens with zero attached hydrogens (tertiary/aromatic N) is 4. The lowest BCUT2D eigenvalue weighted by atomic mass is 10.2. The molecule has 154 valence electrons. The van der Waals surface area contributed by atoms with E-state index in [1.807, 2.05) is 43.4 Å². The first-order chi connectivity index (χ1) is 13.3. The minimum atomic E-state index is 0. The number of piperazine rings is 1. The second-order valence-electron chi connectivity index (χ2n) is 6.64. The fourth-order valence-electron chi connectivity index (χ4n) is 3.16. The van der Waals surface area contributed by atoms with Crippen LogP contribution >= 0.6 is 24.0 Å². The molecule has 7 nitrogen and oxygen atoms in total. The van der Waals surface area contributed by atoms with Gasteiger partial charge in [-0.3, -0.25) is 9.89 Å². The van der Waals surface area contributed by atoms with Crippen molar-refractivity contribution >= 4 is 29.9 Å². The van der Waals surface area contributed by atoms with Crippen LogP contribution in [0.2, 0.25) is 0 Å². The molecule has 1 aromatic heterocycles. The van der Waals surface area contributed by atoms with Gasteiger partial charge in [0.05, 0.1) is 12.2 Å². The van der Waals surface area contributed by atoms with Crippen molar-refractivity contribution in [1.29, 1.82) is 0 Å². The number of aliphatic imine (C=N–C) groups is 1. The van der Waals surface area contributed by atoms with E-state index in [1.165, 1.54) is 0 Å². The van der Waals surface area contributed by atoms with Crippen molar-refractivity contribution in [3.05, 3.63) is 48.4 Å². The van der Waals surface area contributed by atoms with Crippen molar-refractivity contribution in [3.63, 3.8) is 0 Å². The predicted molar refractivity (Wildman–Crippen MR) is 121 cm³/mol. The lowest BCUT2D eigenvalue weighted by molar-refractivity contribution is 0.165. The van der Waals surface area contributed by atoms with E-state index in [2.05, 4.69) is 32.2 Å². The number of para-hydroxylation sites is 1. The largest absolute Gasteiger partial charge is 0.489 e. The SMILES string of the molecule is CCC(CNC(=NC)N1CCN(Cc2ccon2)CC1)Oc1ccccc1.I. The number of nitrogens with one attached hydrogen (secondary N) is 1. The summed E-state index contributed by atoms with van der Waals surface area (Å²) in [6.07, 6.45) is 2.67. The third-order valence-corrected chi connectivity index (χ3v) is 4.75. The van der Waals surface area contributed by atoms with Gasteiger partial charge in [-0.05, 0) is 18.6 Å². The van der Waals surface area contributed by atoms with Crippen LogP contribution in [0.5, 0.6) is 5.75 Å². The normalized spacial score (nSPS) is 16.4.